The summed E-state index contributed by atoms with van der Waals surface area (Å²) in [6.07, 6.45) is 0. The van der Waals surface area contributed by atoms with E-state index < -0.39 is 5.41 Å². The van der Waals surface area contributed by atoms with Crippen LogP contribution in [0.2, 0.25) is 0 Å². The molecule has 12 rings (SSSR count). The number of hydrogen-bond donors (Lipinski definition) is 0. The molecule has 0 unspecified atom stereocenters. The van der Waals surface area contributed by atoms with Crippen LogP contribution in [0.4, 0.5) is 0 Å². The molecule has 55 heavy (non-hydrogen) atoms. The number of ether oxygens (including phenoxy) is 1. The zero-order chi connectivity index (χ0) is 36.1. The van der Waals surface area contributed by atoms with Gasteiger partial charge in [-0.2, -0.15) is 0 Å². The van der Waals surface area contributed by atoms with Crippen molar-refractivity contribution in [2.24, 2.45) is 0 Å². The maximum Gasteiger partial charge on any atom is 0.235 e. The van der Waals surface area contributed by atoms with Crippen LogP contribution in [0.15, 0.2) is 188 Å². The number of para-hydroxylation sites is 1. The molecule has 0 radical (unpaired) electrons. The number of fused-ring (bicyclic) bond motifs is 14. The standard InChI is InChI=1S/C51H31N3O/c1-3-16-33(17-4-1)44-31-45(34-18-5-2-6-19-34)53-50(52-44)54-46-30-43-48(29-39(46)38-28-27-32-15-7-8-20-35(32)49(38)54)55-47-26-14-13-25-42(47)51(43)40-23-11-9-21-36(40)37-22-10-12-24-41(37)51/h1-31H. The Morgan fingerprint density at radius 1 is 0.418 bits per heavy atom. The van der Waals surface area contributed by atoms with Gasteiger partial charge in [-0.1, -0.05) is 164 Å². The molecule has 256 valence electrons. The number of benzene rings is 8. The summed E-state index contributed by atoms with van der Waals surface area (Å²) in [6, 6.07) is 66.9. The molecule has 10 aromatic rings. The van der Waals surface area contributed by atoms with E-state index >= 15 is 0 Å². The van der Waals surface area contributed by atoms with Crippen molar-refractivity contribution < 1.29 is 4.74 Å². The van der Waals surface area contributed by atoms with Crippen LogP contribution < -0.4 is 4.74 Å². The Morgan fingerprint density at radius 3 is 1.69 bits per heavy atom. The minimum atomic E-state index is -0.600. The lowest BCUT2D eigenvalue weighted by atomic mass is 9.66. The lowest BCUT2D eigenvalue weighted by Gasteiger charge is -2.39. The van der Waals surface area contributed by atoms with Crippen molar-refractivity contribution in [3.05, 3.63) is 210 Å². The monoisotopic (exact) mass is 701 g/mol. The summed E-state index contributed by atoms with van der Waals surface area (Å²) in [7, 11) is 0. The summed E-state index contributed by atoms with van der Waals surface area (Å²) in [5, 5.41) is 4.50. The fraction of sp³-hybridized carbons (Fsp3) is 0.0196. The molecule has 1 spiro atoms. The molecule has 2 aliphatic rings. The number of rotatable bonds is 3. The minimum absolute atomic E-state index is 0.600. The molecule has 0 N–H and O–H groups in total. The van der Waals surface area contributed by atoms with Crippen molar-refractivity contribution in [2.75, 3.05) is 0 Å². The van der Waals surface area contributed by atoms with Crippen LogP contribution in [0.5, 0.6) is 11.5 Å². The van der Waals surface area contributed by atoms with E-state index in [0.29, 0.717) is 5.95 Å². The molecule has 1 aliphatic heterocycles. The molecule has 0 atom stereocenters. The van der Waals surface area contributed by atoms with Gasteiger partial charge in [-0.05, 0) is 51.9 Å². The van der Waals surface area contributed by atoms with Gasteiger partial charge in [0.2, 0.25) is 5.95 Å². The van der Waals surface area contributed by atoms with E-state index in [4.69, 9.17) is 14.7 Å². The molecule has 2 aromatic heterocycles. The van der Waals surface area contributed by atoms with E-state index in [0.717, 1.165) is 77.7 Å². The van der Waals surface area contributed by atoms with Gasteiger partial charge in [0.05, 0.1) is 27.8 Å². The topological polar surface area (TPSA) is 39.9 Å². The largest absolute Gasteiger partial charge is 0.457 e. The van der Waals surface area contributed by atoms with Gasteiger partial charge in [-0.3, -0.25) is 4.57 Å². The van der Waals surface area contributed by atoms with Gasteiger partial charge in [0, 0.05) is 38.4 Å². The predicted molar refractivity (Wildman–Crippen MR) is 222 cm³/mol. The molecular formula is C51H31N3O. The van der Waals surface area contributed by atoms with Crippen LogP contribution in [0, 0.1) is 0 Å². The Hall–Kier alpha value is -7.30. The van der Waals surface area contributed by atoms with E-state index in [2.05, 4.69) is 180 Å². The minimum Gasteiger partial charge on any atom is -0.457 e. The Balaban J connectivity index is 1.25. The van der Waals surface area contributed by atoms with Crippen LogP contribution in [0.1, 0.15) is 22.3 Å². The fourth-order valence-electron chi connectivity index (χ4n) is 9.38. The highest BCUT2D eigenvalue weighted by molar-refractivity contribution is 6.19. The van der Waals surface area contributed by atoms with Crippen molar-refractivity contribution in [3.8, 4) is 51.1 Å². The summed E-state index contributed by atoms with van der Waals surface area (Å²) >= 11 is 0. The van der Waals surface area contributed by atoms with Gasteiger partial charge in [0.25, 0.3) is 0 Å². The van der Waals surface area contributed by atoms with Crippen molar-refractivity contribution in [2.45, 2.75) is 5.41 Å². The van der Waals surface area contributed by atoms with Crippen LogP contribution in [0.25, 0.3) is 72.2 Å². The van der Waals surface area contributed by atoms with Crippen LogP contribution in [-0.2, 0) is 5.41 Å². The maximum absolute atomic E-state index is 6.97. The molecule has 3 heterocycles. The van der Waals surface area contributed by atoms with Gasteiger partial charge in [-0.25, -0.2) is 9.97 Å². The Bertz CT molecular complexity index is 3080. The summed E-state index contributed by atoms with van der Waals surface area (Å²) in [4.78, 5) is 10.8. The van der Waals surface area contributed by atoms with Gasteiger partial charge >= 0.3 is 0 Å². The van der Waals surface area contributed by atoms with Crippen LogP contribution in [-0.4, -0.2) is 14.5 Å². The molecule has 0 saturated heterocycles. The van der Waals surface area contributed by atoms with E-state index in [1.165, 1.54) is 22.3 Å². The van der Waals surface area contributed by atoms with Gasteiger partial charge in [0.15, 0.2) is 0 Å². The SMILES string of the molecule is c1ccc(-c2cc(-c3ccccc3)nc(-n3c4cc5c(cc4c4ccc6ccccc6c43)Oc3ccccc3C53c4ccccc4-c4ccccc43)n2)cc1. The second kappa shape index (κ2) is 11.3. The highest BCUT2D eigenvalue weighted by Gasteiger charge is 2.51. The first-order valence-corrected chi connectivity index (χ1v) is 18.7. The number of nitrogens with zero attached hydrogens (tertiary/aromatic N) is 3. The average Bonchev–Trinajstić information content (AvgIpc) is 3.74. The molecule has 1 aliphatic carbocycles. The molecule has 4 nitrogen and oxygen atoms in total. The summed E-state index contributed by atoms with van der Waals surface area (Å²) in [5.74, 6) is 2.35. The summed E-state index contributed by atoms with van der Waals surface area (Å²) in [6.45, 7) is 0. The second-order valence-electron chi connectivity index (χ2n) is 14.5. The summed E-state index contributed by atoms with van der Waals surface area (Å²) < 4.78 is 9.27. The molecule has 0 bridgehead atoms. The number of hydrogen-bond acceptors (Lipinski definition) is 3. The molecule has 0 saturated carbocycles. The molecule has 0 amide bonds. The van der Waals surface area contributed by atoms with Crippen molar-refractivity contribution in [3.63, 3.8) is 0 Å². The molecular weight excluding hydrogens is 671 g/mol. The van der Waals surface area contributed by atoms with Crippen LogP contribution >= 0.6 is 0 Å². The highest BCUT2D eigenvalue weighted by atomic mass is 16.5. The predicted octanol–water partition coefficient (Wildman–Crippen LogP) is 12.5. The van der Waals surface area contributed by atoms with Gasteiger partial charge in [-0.15, -0.1) is 0 Å². The van der Waals surface area contributed by atoms with E-state index in [1.54, 1.807) is 0 Å². The smallest absolute Gasteiger partial charge is 0.235 e. The van der Waals surface area contributed by atoms with E-state index in [1.807, 2.05) is 12.1 Å². The van der Waals surface area contributed by atoms with Crippen molar-refractivity contribution in [1.82, 2.24) is 14.5 Å². The van der Waals surface area contributed by atoms with E-state index in [9.17, 15) is 0 Å². The Labute approximate surface area is 317 Å². The second-order valence-corrected chi connectivity index (χ2v) is 14.5. The fourth-order valence-corrected chi connectivity index (χ4v) is 9.38. The number of aromatic nitrogens is 3. The normalized spacial score (nSPS) is 13.4. The van der Waals surface area contributed by atoms with Crippen molar-refractivity contribution >= 4 is 32.6 Å². The lowest BCUT2D eigenvalue weighted by molar-refractivity contribution is 0.437. The maximum atomic E-state index is 6.97. The van der Waals surface area contributed by atoms with Crippen LogP contribution in [0.3, 0.4) is 0 Å². The third kappa shape index (κ3) is 4.16. The third-order valence-electron chi connectivity index (χ3n) is 11.7. The third-order valence-corrected chi connectivity index (χ3v) is 11.7. The molecule has 4 heteroatoms. The molecule has 8 aromatic carbocycles. The zero-order valence-electron chi connectivity index (χ0n) is 29.6. The Morgan fingerprint density at radius 2 is 1.00 bits per heavy atom. The van der Waals surface area contributed by atoms with Crippen molar-refractivity contribution in [1.29, 1.82) is 0 Å². The van der Waals surface area contributed by atoms with Gasteiger partial charge in [0.1, 0.15) is 11.5 Å². The van der Waals surface area contributed by atoms with E-state index in [-0.39, 0.29) is 0 Å². The zero-order valence-corrected chi connectivity index (χ0v) is 29.6. The molecule has 0 fully saturated rings. The van der Waals surface area contributed by atoms with Gasteiger partial charge < -0.3 is 4.74 Å². The first-order chi connectivity index (χ1) is 27.3. The quantitative estimate of drug-likeness (QED) is 0.184. The highest BCUT2D eigenvalue weighted by Crippen LogP contribution is 2.62. The Kier molecular flexibility index (Phi) is 6.23. The summed E-state index contributed by atoms with van der Waals surface area (Å²) in [5.41, 5.74) is 12.6. The first kappa shape index (κ1) is 30.2. The average molecular weight is 702 g/mol. The lowest BCUT2D eigenvalue weighted by Crippen LogP contribution is -2.32. The first-order valence-electron chi connectivity index (χ1n) is 18.7.